The summed E-state index contributed by atoms with van der Waals surface area (Å²) in [6.45, 7) is 10.0. The van der Waals surface area contributed by atoms with Crippen molar-refractivity contribution in [1.29, 1.82) is 0 Å². The predicted molar refractivity (Wildman–Crippen MR) is 69.9 cm³/mol. The van der Waals surface area contributed by atoms with Crippen LogP contribution >= 0.6 is 15.9 Å². The summed E-state index contributed by atoms with van der Waals surface area (Å²) in [4.78, 5) is 0. The second-order valence-corrected chi connectivity index (χ2v) is 3.69. The van der Waals surface area contributed by atoms with E-state index in [0.717, 1.165) is 10.2 Å². The van der Waals surface area contributed by atoms with Crippen molar-refractivity contribution in [3.63, 3.8) is 0 Å². The largest absolute Gasteiger partial charge is 2.00 e. The van der Waals surface area contributed by atoms with E-state index in [-0.39, 0.29) is 19.5 Å². The molecule has 0 amide bonds. The molecular weight excluding hydrogens is 317 g/mol. The number of hydrogen-bond donors (Lipinski definition) is 0. The van der Waals surface area contributed by atoms with Crippen LogP contribution in [0.4, 0.5) is 0 Å². The van der Waals surface area contributed by atoms with E-state index in [0.29, 0.717) is 6.10 Å². The van der Waals surface area contributed by atoms with Crippen LogP contribution in [-0.4, -0.2) is 6.10 Å². The Morgan fingerprint density at radius 3 is 1.88 bits per heavy atom. The number of hydrogen-bond acceptors (Lipinski definition) is 1. The van der Waals surface area contributed by atoms with Crippen LogP contribution in [-0.2, 0) is 19.5 Å². The normalized spacial score (nSPS) is 12.1. The minimum Gasteiger partial charge on any atom is -0.490 e. The molecule has 0 radical (unpaired) electrons. The van der Waals surface area contributed by atoms with Crippen LogP contribution in [0, 0.1) is 13.8 Å². The number of ether oxygens (including phenoxy) is 1. The van der Waals surface area contributed by atoms with E-state index in [9.17, 15) is 0 Å². The van der Waals surface area contributed by atoms with E-state index >= 15 is 0 Å². The van der Waals surface area contributed by atoms with Crippen molar-refractivity contribution in [1.82, 2.24) is 0 Å². The molecule has 0 N–H and O–H groups in total. The zero-order valence-electron chi connectivity index (χ0n) is 10.2. The van der Waals surface area contributed by atoms with Crippen molar-refractivity contribution >= 4 is 15.9 Å². The molecule has 1 saturated carbocycles. The molecule has 1 aliphatic carbocycles. The Labute approximate surface area is 121 Å². The van der Waals surface area contributed by atoms with Crippen LogP contribution in [0.1, 0.15) is 26.7 Å². The van der Waals surface area contributed by atoms with Crippen LogP contribution < -0.4 is 4.74 Å². The first-order chi connectivity index (χ1) is 7.34. The molecule has 3 heteroatoms. The van der Waals surface area contributed by atoms with Gasteiger partial charge >= 0.3 is 19.5 Å². The van der Waals surface area contributed by atoms with Crippen LogP contribution in [0.25, 0.3) is 0 Å². The summed E-state index contributed by atoms with van der Waals surface area (Å²) in [5.41, 5.74) is 0. The van der Waals surface area contributed by atoms with Crippen LogP contribution in [0.3, 0.4) is 0 Å². The molecule has 0 saturated heterocycles. The van der Waals surface area contributed by atoms with Crippen molar-refractivity contribution < 1.29 is 24.2 Å². The fourth-order valence-electron chi connectivity index (χ4n) is 0.892. The standard InChI is InChI=1S/C9H9BrO.2C2H5.Zn/c10-7-1-3-8(4-2-7)11-9-5-6-9;2*1-2;/h1-4,9H,5-6H2;2*1H2,2H3;/q;2*-1;+2. The zero-order valence-corrected chi connectivity index (χ0v) is 14.8. The fraction of sp³-hybridized carbons (Fsp3) is 0.385. The van der Waals surface area contributed by atoms with Crippen molar-refractivity contribution in [2.24, 2.45) is 0 Å². The van der Waals surface area contributed by atoms with Gasteiger partial charge in [-0.05, 0) is 37.1 Å². The van der Waals surface area contributed by atoms with Gasteiger partial charge in [0.2, 0.25) is 0 Å². The van der Waals surface area contributed by atoms with Gasteiger partial charge in [0.05, 0.1) is 6.10 Å². The van der Waals surface area contributed by atoms with Gasteiger partial charge in [-0.3, -0.25) is 0 Å². The molecule has 86 valence electrons. The predicted octanol–water partition coefficient (Wildman–Crippen LogP) is 4.67. The molecule has 1 fully saturated rings. The van der Waals surface area contributed by atoms with Crippen LogP contribution in [0.15, 0.2) is 28.7 Å². The van der Waals surface area contributed by atoms with Gasteiger partial charge in [-0.1, -0.05) is 15.9 Å². The number of benzene rings is 1. The molecule has 0 aromatic heterocycles. The molecular formula is C13H19BrOZn. The second kappa shape index (κ2) is 11.6. The maximum atomic E-state index is 5.56. The Bertz CT molecular complexity index is 245. The van der Waals surface area contributed by atoms with E-state index < -0.39 is 0 Å². The number of rotatable bonds is 2. The summed E-state index contributed by atoms with van der Waals surface area (Å²) in [7, 11) is 0. The maximum absolute atomic E-state index is 5.56. The molecule has 2 rings (SSSR count). The van der Waals surface area contributed by atoms with Gasteiger partial charge in [0.15, 0.2) is 0 Å². The first-order valence-electron chi connectivity index (χ1n) is 5.18. The summed E-state index contributed by atoms with van der Waals surface area (Å²) in [6, 6.07) is 7.97. The van der Waals surface area contributed by atoms with Crippen molar-refractivity contribution in [3.8, 4) is 5.75 Å². The number of halogens is 1. The molecule has 1 aliphatic rings. The van der Waals surface area contributed by atoms with E-state index in [1.165, 1.54) is 12.8 Å². The smallest absolute Gasteiger partial charge is 0.490 e. The van der Waals surface area contributed by atoms with Crippen molar-refractivity contribution in [2.45, 2.75) is 32.8 Å². The monoisotopic (exact) mass is 334 g/mol. The second-order valence-electron chi connectivity index (χ2n) is 2.77. The molecule has 16 heavy (non-hydrogen) atoms. The Morgan fingerprint density at radius 2 is 1.50 bits per heavy atom. The average molecular weight is 337 g/mol. The molecule has 1 aromatic carbocycles. The SMILES string of the molecule is Brc1ccc(OC2CC2)cc1.[CH2-]C.[CH2-]C.[Zn+2]. The molecule has 0 bridgehead atoms. The van der Waals surface area contributed by atoms with E-state index in [4.69, 9.17) is 4.74 Å². The summed E-state index contributed by atoms with van der Waals surface area (Å²) < 4.78 is 6.66. The van der Waals surface area contributed by atoms with Gasteiger partial charge < -0.3 is 18.6 Å². The molecule has 0 atom stereocenters. The van der Waals surface area contributed by atoms with Gasteiger partial charge in [0.1, 0.15) is 5.75 Å². The summed E-state index contributed by atoms with van der Waals surface area (Å²) in [5.74, 6) is 0.982. The van der Waals surface area contributed by atoms with Crippen molar-refractivity contribution in [3.05, 3.63) is 42.6 Å². The molecule has 1 aromatic rings. The topological polar surface area (TPSA) is 9.23 Å². The summed E-state index contributed by atoms with van der Waals surface area (Å²) in [6.07, 6.45) is 2.93. The van der Waals surface area contributed by atoms with E-state index in [2.05, 4.69) is 29.8 Å². The Morgan fingerprint density at radius 1 is 1.06 bits per heavy atom. The zero-order chi connectivity index (χ0) is 11.7. The fourth-order valence-corrected chi connectivity index (χ4v) is 1.16. The Kier molecular flexibility index (Phi) is 13.4. The van der Waals surface area contributed by atoms with Gasteiger partial charge in [0, 0.05) is 4.47 Å². The third kappa shape index (κ3) is 8.30. The third-order valence-electron chi connectivity index (χ3n) is 1.64. The molecule has 0 spiro atoms. The Hall–Kier alpha value is 0.123. The third-order valence-corrected chi connectivity index (χ3v) is 2.17. The molecule has 0 unspecified atom stereocenters. The van der Waals surface area contributed by atoms with Gasteiger partial charge in [-0.25, -0.2) is 0 Å². The van der Waals surface area contributed by atoms with Gasteiger partial charge in [-0.15, -0.1) is 0 Å². The minimum atomic E-state index is 0. The Balaban J connectivity index is 0. The van der Waals surface area contributed by atoms with E-state index in [1.54, 1.807) is 13.8 Å². The first kappa shape index (κ1) is 18.5. The molecule has 1 nitrogen and oxygen atoms in total. The van der Waals surface area contributed by atoms with Crippen LogP contribution in [0.5, 0.6) is 5.75 Å². The first-order valence-corrected chi connectivity index (χ1v) is 5.97. The minimum absolute atomic E-state index is 0. The summed E-state index contributed by atoms with van der Waals surface area (Å²) in [5, 5.41) is 0. The summed E-state index contributed by atoms with van der Waals surface area (Å²) >= 11 is 3.37. The maximum Gasteiger partial charge on any atom is 2.00 e. The van der Waals surface area contributed by atoms with E-state index in [1.807, 2.05) is 24.3 Å². The van der Waals surface area contributed by atoms with Crippen molar-refractivity contribution in [2.75, 3.05) is 0 Å². The average Bonchev–Trinajstić information content (AvgIpc) is 3.11. The van der Waals surface area contributed by atoms with Crippen LogP contribution in [0.2, 0.25) is 0 Å². The van der Waals surface area contributed by atoms with Gasteiger partial charge in [-0.2, -0.15) is 13.8 Å². The van der Waals surface area contributed by atoms with Gasteiger partial charge in [0.25, 0.3) is 0 Å². The molecule has 0 aliphatic heterocycles. The molecule has 0 heterocycles. The quantitative estimate of drug-likeness (QED) is 0.563.